The number of carbonyl (C=O) groups is 1. The van der Waals surface area contributed by atoms with Gasteiger partial charge in [0.1, 0.15) is 23.7 Å². The molecular weight excluding hydrogens is 338 g/mol. The minimum atomic E-state index is -0.484. The van der Waals surface area contributed by atoms with E-state index < -0.39 is 5.91 Å². The van der Waals surface area contributed by atoms with Crippen LogP contribution in [0.25, 0.3) is 22.4 Å². The maximum Gasteiger partial charge on any atom is 0.250 e. The summed E-state index contributed by atoms with van der Waals surface area (Å²) in [7, 11) is 0. The largest absolute Gasteiger partial charge is 0.489 e. The molecule has 1 heterocycles. The third-order valence-corrected chi connectivity index (χ3v) is 4.43. The highest BCUT2D eigenvalue weighted by Crippen LogP contribution is 2.23. The number of benzene rings is 3. The number of carbonyl (C=O) groups excluding carboxylic acids is 1. The highest BCUT2D eigenvalue weighted by Gasteiger charge is 2.12. The molecular formula is C22H19N3O2. The first kappa shape index (κ1) is 16.8. The topological polar surface area (TPSA) is 81.0 Å². The van der Waals surface area contributed by atoms with Crippen molar-refractivity contribution in [3.8, 4) is 17.1 Å². The summed E-state index contributed by atoms with van der Waals surface area (Å²) in [6, 6.07) is 21.3. The summed E-state index contributed by atoms with van der Waals surface area (Å²) in [6.45, 7) is 2.54. The van der Waals surface area contributed by atoms with Gasteiger partial charge in [0.25, 0.3) is 5.91 Å². The van der Waals surface area contributed by atoms with Crippen LogP contribution in [0.1, 0.15) is 21.5 Å². The summed E-state index contributed by atoms with van der Waals surface area (Å²) in [4.78, 5) is 19.4. The number of H-pyrrole nitrogens is 1. The number of nitrogens with zero attached hydrogens (tertiary/aromatic N) is 1. The number of nitrogens with one attached hydrogen (secondary N) is 1. The highest BCUT2D eigenvalue weighted by atomic mass is 16.5. The molecule has 0 saturated carbocycles. The second-order valence-corrected chi connectivity index (χ2v) is 6.45. The first-order valence-corrected chi connectivity index (χ1v) is 8.67. The van der Waals surface area contributed by atoms with Gasteiger partial charge in [0.2, 0.25) is 0 Å². The van der Waals surface area contributed by atoms with Crippen LogP contribution < -0.4 is 10.5 Å². The lowest BCUT2D eigenvalue weighted by molar-refractivity contribution is 0.100. The lowest BCUT2D eigenvalue weighted by Gasteiger charge is -2.07. The van der Waals surface area contributed by atoms with Gasteiger partial charge in [0, 0.05) is 5.56 Å². The Morgan fingerprint density at radius 2 is 1.78 bits per heavy atom. The van der Waals surface area contributed by atoms with E-state index >= 15 is 0 Å². The molecule has 0 fully saturated rings. The van der Waals surface area contributed by atoms with E-state index in [0.29, 0.717) is 23.5 Å². The molecule has 1 amide bonds. The van der Waals surface area contributed by atoms with E-state index in [1.54, 1.807) is 12.1 Å². The van der Waals surface area contributed by atoms with Gasteiger partial charge >= 0.3 is 0 Å². The number of imidazole rings is 1. The van der Waals surface area contributed by atoms with E-state index in [-0.39, 0.29) is 0 Å². The first-order chi connectivity index (χ1) is 13.1. The van der Waals surface area contributed by atoms with Gasteiger partial charge in [-0.2, -0.15) is 0 Å². The number of hydrogen-bond acceptors (Lipinski definition) is 3. The predicted octanol–water partition coefficient (Wildman–Crippen LogP) is 4.22. The fourth-order valence-electron chi connectivity index (χ4n) is 2.93. The first-order valence-electron chi connectivity index (χ1n) is 8.67. The molecule has 4 rings (SSSR count). The number of aromatic nitrogens is 2. The minimum absolute atomic E-state index is 0.415. The molecule has 0 aliphatic heterocycles. The van der Waals surface area contributed by atoms with Crippen molar-refractivity contribution in [2.75, 3.05) is 0 Å². The van der Waals surface area contributed by atoms with Crippen molar-refractivity contribution in [2.45, 2.75) is 13.5 Å². The molecule has 0 saturated heterocycles. The van der Waals surface area contributed by atoms with Gasteiger partial charge in [-0.25, -0.2) is 4.98 Å². The van der Waals surface area contributed by atoms with Gasteiger partial charge in [0.15, 0.2) is 0 Å². The number of amides is 1. The molecule has 3 N–H and O–H groups in total. The summed E-state index contributed by atoms with van der Waals surface area (Å²) < 4.78 is 5.81. The SMILES string of the molecule is Cc1ccc(OCc2ccc(-c3nc4c(C(N)=O)cccc4[nH]3)cc2)cc1. The van der Waals surface area contributed by atoms with Crippen LogP contribution in [0, 0.1) is 6.92 Å². The summed E-state index contributed by atoms with van der Waals surface area (Å²) in [5.74, 6) is 1.06. The standard InChI is InChI=1S/C22H19N3O2/c1-14-5-11-17(12-6-14)27-13-15-7-9-16(10-8-15)22-24-19-4-2-3-18(21(23)26)20(19)25-22/h2-12H,13H2,1H3,(H2,23,26)(H,24,25). The van der Waals surface area contributed by atoms with Crippen molar-refractivity contribution >= 4 is 16.9 Å². The van der Waals surface area contributed by atoms with Crippen molar-refractivity contribution in [3.63, 3.8) is 0 Å². The third-order valence-electron chi connectivity index (χ3n) is 4.43. The Morgan fingerprint density at radius 3 is 2.48 bits per heavy atom. The van der Waals surface area contributed by atoms with Gasteiger partial charge in [-0.15, -0.1) is 0 Å². The number of aryl methyl sites for hydroxylation is 1. The smallest absolute Gasteiger partial charge is 0.250 e. The molecule has 134 valence electrons. The number of hydrogen-bond donors (Lipinski definition) is 2. The Morgan fingerprint density at radius 1 is 1.04 bits per heavy atom. The number of nitrogens with two attached hydrogens (primary N) is 1. The molecule has 0 unspecified atom stereocenters. The molecule has 4 aromatic rings. The van der Waals surface area contributed by atoms with E-state index in [0.717, 1.165) is 22.4 Å². The quantitative estimate of drug-likeness (QED) is 0.561. The maximum absolute atomic E-state index is 11.6. The summed E-state index contributed by atoms with van der Waals surface area (Å²) in [5, 5.41) is 0. The fraction of sp³-hybridized carbons (Fsp3) is 0.0909. The molecule has 0 bridgehead atoms. The summed E-state index contributed by atoms with van der Waals surface area (Å²) >= 11 is 0. The molecule has 5 nitrogen and oxygen atoms in total. The molecule has 27 heavy (non-hydrogen) atoms. The van der Waals surface area contributed by atoms with E-state index in [4.69, 9.17) is 10.5 Å². The second kappa shape index (κ2) is 6.96. The van der Waals surface area contributed by atoms with Crippen molar-refractivity contribution in [3.05, 3.63) is 83.4 Å². The molecule has 5 heteroatoms. The van der Waals surface area contributed by atoms with E-state index in [9.17, 15) is 4.79 Å². The Bertz CT molecular complexity index is 1100. The van der Waals surface area contributed by atoms with Crippen molar-refractivity contribution in [1.29, 1.82) is 0 Å². The van der Waals surface area contributed by atoms with E-state index in [1.165, 1.54) is 5.56 Å². The van der Waals surface area contributed by atoms with E-state index in [2.05, 4.69) is 9.97 Å². The lowest BCUT2D eigenvalue weighted by atomic mass is 10.1. The normalized spacial score (nSPS) is 10.9. The zero-order valence-electron chi connectivity index (χ0n) is 14.9. The minimum Gasteiger partial charge on any atom is -0.489 e. The van der Waals surface area contributed by atoms with Crippen LogP contribution in [-0.4, -0.2) is 15.9 Å². The van der Waals surface area contributed by atoms with Crippen LogP contribution in [0.5, 0.6) is 5.75 Å². The summed E-state index contributed by atoms with van der Waals surface area (Å²) in [5.41, 5.74) is 10.4. The highest BCUT2D eigenvalue weighted by molar-refractivity contribution is 6.04. The summed E-state index contributed by atoms with van der Waals surface area (Å²) in [6.07, 6.45) is 0. The van der Waals surface area contributed by atoms with Gasteiger partial charge in [-0.3, -0.25) is 4.79 Å². The lowest BCUT2D eigenvalue weighted by Crippen LogP contribution is -2.11. The number of rotatable bonds is 5. The third kappa shape index (κ3) is 3.53. The van der Waals surface area contributed by atoms with Crippen LogP contribution in [0.2, 0.25) is 0 Å². The number of fused-ring (bicyclic) bond motifs is 1. The number of primary amides is 1. The number of ether oxygens (including phenoxy) is 1. The predicted molar refractivity (Wildman–Crippen MR) is 106 cm³/mol. The van der Waals surface area contributed by atoms with Crippen LogP contribution in [0.15, 0.2) is 66.7 Å². The van der Waals surface area contributed by atoms with Crippen molar-refractivity contribution < 1.29 is 9.53 Å². The molecule has 0 spiro atoms. The van der Waals surface area contributed by atoms with E-state index in [1.807, 2.05) is 61.5 Å². The number of para-hydroxylation sites is 1. The van der Waals surface area contributed by atoms with Crippen LogP contribution in [-0.2, 0) is 6.61 Å². The second-order valence-electron chi connectivity index (χ2n) is 6.45. The fourth-order valence-corrected chi connectivity index (χ4v) is 2.93. The molecule has 0 aliphatic rings. The average molecular weight is 357 g/mol. The van der Waals surface area contributed by atoms with Gasteiger partial charge in [-0.1, -0.05) is 48.0 Å². The Labute approximate surface area is 156 Å². The molecule has 0 radical (unpaired) electrons. The maximum atomic E-state index is 11.6. The molecule has 1 aromatic heterocycles. The van der Waals surface area contributed by atoms with Crippen molar-refractivity contribution in [2.24, 2.45) is 5.73 Å². The van der Waals surface area contributed by atoms with Gasteiger partial charge in [-0.05, 0) is 36.8 Å². The van der Waals surface area contributed by atoms with Crippen LogP contribution >= 0.6 is 0 Å². The van der Waals surface area contributed by atoms with Crippen molar-refractivity contribution in [1.82, 2.24) is 9.97 Å². The van der Waals surface area contributed by atoms with Gasteiger partial charge < -0.3 is 15.5 Å². The van der Waals surface area contributed by atoms with Crippen LogP contribution in [0.3, 0.4) is 0 Å². The monoisotopic (exact) mass is 357 g/mol. The Balaban J connectivity index is 1.53. The average Bonchev–Trinajstić information content (AvgIpc) is 3.12. The van der Waals surface area contributed by atoms with Gasteiger partial charge in [0.05, 0.1) is 11.1 Å². The number of aromatic amines is 1. The molecule has 0 aliphatic carbocycles. The Hall–Kier alpha value is -3.60. The zero-order valence-corrected chi connectivity index (χ0v) is 14.9. The van der Waals surface area contributed by atoms with Crippen LogP contribution in [0.4, 0.5) is 0 Å². The molecule has 3 aromatic carbocycles. The molecule has 0 atom stereocenters. The zero-order chi connectivity index (χ0) is 18.8. The Kier molecular flexibility index (Phi) is 4.34.